The molecule has 6 heteroatoms. The number of unbranched alkanes of at least 4 members (excludes halogenated alkanes) is 2. The first-order chi connectivity index (χ1) is 7.83. The number of aliphatic carboxylic acids is 1. The van der Waals surface area contributed by atoms with Crippen molar-refractivity contribution in [2.75, 3.05) is 18.1 Å². The Kier molecular flexibility index (Phi) is 4.94. The van der Waals surface area contributed by atoms with E-state index in [1.807, 2.05) is 6.92 Å². The predicted octanol–water partition coefficient (Wildman–Crippen LogP) is -0.228. The van der Waals surface area contributed by atoms with Crippen molar-refractivity contribution in [2.45, 2.75) is 44.6 Å². The van der Waals surface area contributed by atoms with E-state index in [1.54, 1.807) is 0 Å². The zero-order chi connectivity index (χ0) is 12.9. The van der Waals surface area contributed by atoms with Crippen LogP contribution in [0.1, 0.15) is 39.0 Å². The number of carboxylic acids is 1. The van der Waals surface area contributed by atoms with Crippen molar-refractivity contribution in [3.63, 3.8) is 0 Å². The Morgan fingerprint density at radius 3 is 2.59 bits per heavy atom. The molecule has 1 heterocycles. The Labute approximate surface area is 103 Å². The van der Waals surface area contributed by atoms with Crippen molar-refractivity contribution in [3.8, 4) is 0 Å². The fraction of sp³-hybridized carbons (Fsp3) is 0.909. The first-order valence-corrected chi connectivity index (χ1v) is 7.92. The Morgan fingerprint density at radius 1 is 1.35 bits per heavy atom. The molecule has 1 unspecified atom stereocenters. The summed E-state index contributed by atoms with van der Waals surface area (Å²) in [6.07, 6.45) is 3.50. The highest BCUT2D eigenvalue weighted by Gasteiger charge is 2.41. The fourth-order valence-corrected chi connectivity index (χ4v) is 4.43. The van der Waals surface area contributed by atoms with Crippen LogP contribution in [0, 0.1) is 0 Å². The van der Waals surface area contributed by atoms with Gasteiger partial charge in [-0.1, -0.05) is 0 Å². The number of nitrogens with two attached hydrogens (primary N) is 1. The molecule has 0 radical (unpaired) electrons. The van der Waals surface area contributed by atoms with E-state index in [1.165, 1.54) is 0 Å². The van der Waals surface area contributed by atoms with Crippen LogP contribution in [0.2, 0.25) is 0 Å². The lowest BCUT2D eigenvalue weighted by Gasteiger charge is -2.19. The summed E-state index contributed by atoms with van der Waals surface area (Å²) in [5, 5.41) is 10.6. The van der Waals surface area contributed by atoms with Crippen molar-refractivity contribution in [1.29, 1.82) is 0 Å². The minimum absolute atomic E-state index is 0.161. The van der Waals surface area contributed by atoms with E-state index in [9.17, 15) is 13.2 Å². The van der Waals surface area contributed by atoms with Gasteiger partial charge in [-0.3, -0.25) is 4.79 Å². The van der Waals surface area contributed by atoms with Gasteiger partial charge in [0.2, 0.25) is 0 Å². The van der Waals surface area contributed by atoms with Gasteiger partial charge < -0.3 is 10.4 Å². The molecule has 1 atom stereocenters. The molecule has 1 aliphatic rings. The van der Waals surface area contributed by atoms with Crippen LogP contribution < -0.4 is 5.32 Å². The lowest BCUT2D eigenvalue weighted by Crippen LogP contribution is -2.96. The van der Waals surface area contributed by atoms with Crippen molar-refractivity contribution < 1.29 is 23.6 Å². The van der Waals surface area contributed by atoms with Crippen LogP contribution in [0.25, 0.3) is 0 Å². The van der Waals surface area contributed by atoms with Gasteiger partial charge in [-0.05, 0) is 26.2 Å². The van der Waals surface area contributed by atoms with E-state index in [-0.39, 0.29) is 17.7 Å². The monoisotopic (exact) mass is 264 g/mol. The Balaban J connectivity index is 2.13. The molecule has 1 rings (SSSR count). The van der Waals surface area contributed by atoms with Gasteiger partial charge in [-0.15, -0.1) is 0 Å². The lowest BCUT2D eigenvalue weighted by molar-refractivity contribution is -0.718. The highest BCUT2D eigenvalue weighted by Crippen LogP contribution is 2.18. The Hall–Kier alpha value is -0.620. The van der Waals surface area contributed by atoms with E-state index in [4.69, 9.17) is 5.11 Å². The molecule has 0 amide bonds. The average Bonchev–Trinajstić information content (AvgIpc) is 2.47. The van der Waals surface area contributed by atoms with Gasteiger partial charge in [0.15, 0.2) is 9.84 Å². The number of quaternary nitrogens is 1. The third-order valence-corrected chi connectivity index (χ3v) is 5.19. The number of rotatable bonds is 7. The second-order valence-electron chi connectivity index (χ2n) is 5.19. The van der Waals surface area contributed by atoms with Crippen molar-refractivity contribution in [2.24, 2.45) is 0 Å². The molecule has 1 aliphatic heterocycles. The van der Waals surface area contributed by atoms with E-state index in [2.05, 4.69) is 5.32 Å². The highest BCUT2D eigenvalue weighted by molar-refractivity contribution is 7.91. The quantitative estimate of drug-likeness (QED) is 0.622. The minimum Gasteiger partial charge on any atom is -0.481 e. The van der Waals surface area contributed by atoms with Gasteiger partial charge in [-0.2, -0.15) is 0 Å². The maximum absolute atomic E-state index is 11.4. The third kappa shape index (κ3) is 5.50. The number of hydrogen-bond donors (Lipinski definition) is 2. The Morgan fingerprint density at radius 2 is 2.06 bits per heavy atom. The summed E-state index contributed by atoms with van der Waals surface area (Å²) >= 11 is 0. The molecule has 0 aromatic rings. The van der Waals surface area contributed by atoms with Crippen molar-refractivity contribution in [1.82, 2.24) is 0 Å². The first kappa shape index (κ1) is 14.4. The highest BCUT2D eigenvalue weighted by atomic mass is 32.2. The molecule has 1 fully saturated rings. The first-order valence-electron chi connectivity index (χ1n) is 6.10. The molecule has 17 heavy (non-hydrogen) atoms. The van der Waals surface area contributed by atoms with Gasteiger partial charge in [0.1, 0.15) is 11.3 Å². The lowest BCUT2D eigenvalue weighted by atomic mass is 10.0. The molecule has 0 saturated carbocycles. The molecule has 5 nitrogen and oxygen atoms in total. The molecular weight excluding hydrogens is 242 g/mol. The topological polar surface area (TPSA) is 88.0 Å². The fourth-order valence-electron chi connectivity index (χ4n) is 2.24. The molecule has 0 aliphatic carbocycles. The zero-order valence-corrected chi connectivity index (χ0v) is 11.1. The summed E-state index contributed by atoms with van der Waals surface area (Å²) in [5.74, 6) is -0.170. The maximum atomic E-state index is 11.4. The Bertz CT molecular complexity index is 366. The summed E-state index contributed by atoms with van der Waals surface area (Å²) in [6, 6.07) is 0. The van der Waals surface area contributed by atoms with Crippen LogP contribution in [0.5, 0.6) is 0 Å². The molecular formula is C11H22NO4S+. The van der Waals surface area contributed by atoms with Gasteiger partial charge in [0, 0.05) is 12.8 Å². The smallest absolute Gasteiger partial charge is 0.303 e. The number of sulfone groups is 1. The third-order valence-electron chi connectivity index (χ3n) is 3.27. The molecule has 0 bridgehead atoms. The van der Waals surface area contributed by atoms with E-state index < -0.39 is 15.8 Å². The van der Waals surface area contributed by atoms with Crippen LogP contribution in [-0.2, 0) is 14.6 Å². The average molecular weight is 264 g/mol. The van der Waals surface area contributed by atoms with Crippen molar-refractivity contribution in [3.05, 3.63) is 0 Å². The summed E-state index contributed by atoms with van der Waals surface area (Å²) in [4.78, 5) is 10.3. The predicted molar refractivity (Wildman–Crippen MR) is 64.6 cm³/mol. The molecule has 0 spiro atoms. The van der Waals surface area contributed by atoms with E-state index in [0.29, 0.717) is 12.2 Å². The number of carbonyl (C=O) groups is 1. The standard InChI is InChI=1S/C11H21NO4S/c1-11(6-8-17(15,16)9-11)12-7-4-2-3-5-10(13)14/h12H,2-9H2,1H3,(H,13,14)/p+1. The second-order valence-corrected chi connectivity index (χ2v) is 7.38. The van der Waals surface area contributed by atoms with Crippen LogP contribution in [0.15, 0.2) is 0 Å². The zero-order valence-electron chi connectivity index (χ0n) is 10.3. The molecule has 100 valence electrons. The SMILES string of the molecule is CC1([NH2+]CCCCCC(=O)O)CCS(=O)(=O)C1. The molecule has 3 N–H and O–H groups in total. The summed E-state index contributed by atoms with van der Waals surface area (Å²) in [5.41, 5.74) is -0.161. The summed E-state index contributed by atoms with van der Waals surface area (Å²) in [6.45, 7) is 2.88. The van der Waals surface area contributed by atoms with Gasteiger partial charge in [-0.25, -0.2) is 8.42 Å². The summed E-state index contributed by atoms with van der Waals surface area (Å²) in [7, 11) is -2.82. The minimum atomic E-state index is -2.82. The van der Waals surface area contributed by atoms with Crippen LogP contribution in [-0.4, -0.2) is 43.1 Å². The van der Waals surface area contributed by atoms with Gasteiger partial charge in [0.05, 0.1) is 12.3 Å². The van der Waals surface area contributed by atoms with Crippen LogP contribution in [0.4, 0.5) is 0 Å². The molecule has 0 aromatic heterocycles. The van der Waals surface area contributed by atoms with E-state index in [0.717, 1.165) is 25.8 Å². The van der Waals surface area contributed by atoms with E-state index >= 15 is 0 Å². The van der Waals surface area contributed by atoms with Crippen LogP contribution >= 0.6 is 0 Å². The normalized spacial score (nSPS) is 27.1. The van der Waals surface area contributed by atoms with Crippen LogP contribution in [0.3, 0.4) is 0 Å². The molecule has 1 saturated heterocycles. The van der Waals surface area contributed by atoms with Gasteiger partial charge in [0.25, 0.3) is 0 Å². The van der Waals surface area contributed by atoms with Crippen molar-refractivity contribution >= 4 is 15.8 Å². The summed E-state index contributed by atoms with van der Waals surface area (Å²) < 4.78 is 22.7. The maximum Gasteiger partial charge on any atom is 0.303 e. The number of carboxylic acid groups (broad SMARTS) is 1. The van der Waals surface area contributed by atoms with Gasteiger partial charge >= 0.3 is 5.97 Å². The number of hydrogen-bond acceptors (Lipinski definition) is 3. The largest absolute Gasteiger partial charge is 0.481 e. The molecule has 0 aromatic carbocycles. The second kappa shape index (κ2) is 5.82.